The number of nitrogens with one attached hydrogen (secondary N) is 2. The number of carbonyl (C=O) groups is 1. The quantitative estimate of drug-likeness (QED) is 0.831. The topological polar surface area (TPSA) is 41.1 Å². The number of hydrogen-bond acceptors (Lipinski definition) is 3. The molecule has 2 aromatic rings. The van der Waals surface area contributed by atoms with Gasteiger partial charge < -0.3 is 10.6 Å². The minimum absolute atomic E-state index is 0.000499. The molecule has 3 heteroatoms. The zero-order valence-electron chi connectivity index (χ0n) is 14.8. The lowest BCUT2D eigenvalue weighted by molar-refractivity contribution is -0.118. The number of para-hydroxylation sites is 2. The van der Waals surface area contributed by atoms with Crippen molar-refractivity contribution in [2.24, 2.45) is 5.41 Å². The van der Waals surface area contributed by atoms with Gasteiger partial charge in [-0.05, 0) is 36.0 Å². The van der Waals surface area contributed by atoms with Crippen LogP contribution in [0.15, 0.2) is 65.9 Å². The van der Waals surface area contributed by atoms with Crippen LogP contribution in [0.2, 0.25) is 0 Å². The largest absolute Gasteiger partial charge is 0.376 e. The molecule has 3 nitrogen and oxygen atoms in total. The van der Waals surface area contributed by atoms with E-state index in [4.69, 9.17) is 0 Å². The first-order valence-corrected chi connectivity index (χ1v) is 8.95. The lowest BCUT2D eigenvalue weighted by Crippen LogP contribution is -2.36. The summed E-state index contributed by atoms with van der Waals surface area (Å²) < 4.78 is 0. The van der Waals surface area contributed by atoms with Crippen molar-refractivity contribution in [3.63, 3.8) is 0 Å². The number of carbonyl (C=O) groups excluding carboxylic acids is 1. The molecule has 0 spiro atoms. The van der Waals surface area contributed by atoms with Gasteiger partial charge in [0.25, 0.3) is 0 Å². The SMILES string of the molecule is CC1(C)CC(=O)C2=C(C1)Nc1ccccc1NC2Cc1ccccc1. The van der Waals surface area contributed by atoms with Crippen molar-refractivity contribution in [1.29, 1.82) is 0 Å². The van der Waals surface area contributed by atoms with E-state index in [1.165, 1.54) is 5.56 Å². The van der Waals surface area contributed by atoms with Gasteiger partial charge in [0.2, 0.25) is 0 Å². The van der Waals surface area contributed by atoms with E-state index in [-0.39, 0.29) is 17.2 Å². The zero-order chi connectivity index (χ0) is 17.4. The Hall–Kier alpha value is -2.55. The third-order valence-corrected chi connectivity index (χ3v) is 5.09. The van der Waals surface area contributed by atoms with Crippen LogP contribution in [0, 0.1) is 5.41 Å². The summed E-state index contributed by atoms with van der Waals surface area (Å²) in [6.45, 7) is 4.35. The van der Waals surface area contributed by atoms with Crippen LogP contribution >= 0.6 is 0 Å². The average molecular weight is 332 g/mol. The second-order valence-corrected chi connectivity index (χ2v) is 7.89. The lowest BCUT2D eigenvalue weighted by Gasteiger charge is -2.34. The van der Waals surface area contributed by atoms with Gasteiger partial charge in [0, 0.05) is 17.7 Å². The first-order chi connectivity index (χ1) is 12.0. The van der Waals surface area contributed by atoms with E-state index in [9.17, 15) is 4.79 Å². The van der Waals surface area contributed by atoms with Gasteiger partial charge in [-0.3, -0.25) is 4.79 Å². The Morgan fingerprint density at radius 3 is 2.40 bits per heavy atom. The Bertz CT molecular complexity index is 836. The van der Waals surface area contributed by atoms with Gasteiger partial charge in [0.1, 0.15) is 0 Å². The van der Waals surface area contributed by atoms with E-state index in [1.54, 1.807) is 0 Å². The van der Waals surface area contributed by atoms with E-state index in [0.29, 0.717) is 6.42 Å². The number of ketones is 1. The van der Waals surface area contributed by atoms with E-state index in [1.807, 2.05) is 18.2 Å². The predicted octanol–water partition coefficient (Wildman–Crippen LogP) is 4.78. The van der Waals surface area contributed by atoms with Gasteiger partial charge in [-0.1, -0.05) is 56.3 Å². The molecule has 128 valence electrons. The van der Waals surface area contributed by atoms with E-state index in [2.05, 4.69) is 60.9 Å². The molecular formula is C22H24N2O. The summed E-state index contributed by atoms with van der Waals surface area (Å²) in [5, 5.41) is 7.18. The molecule has 0 saturated heterocycles. The van der Waals surface area contributed by atoms with Crippen molar-refractivity contribution in [2.45, 2.75) is 39.2 Å². The standard InChI is InChI=1S/C22H24N2O/c1-22(2)13-19-21(20(25)14-22)18(12-15-8-4-3-5-9-15)23-16-10-6-7-11-17(16)24-19/h3-11,18,23-24H,12-14H2,1-2H3. The Morgan fingerprint density at radius 2 is 1.64 bits per heavy atom. The van der Waals surface area contributed by atoms with Crippen molar-refractivity contribution in [2.75, 3.05) is 10.6 Å². The molecular weight excluding hydrogens is 308 g/mol. The number of anilines is 2. The second kappa shape index (κ2) is 6.07. The highest BCUT2D eigenvalue weighted by Crippen LogP contribution is 2.42. The van der Waals surface area contributed by atoms with Gasteiger partial charge in [-0.15, -0.1) is 0 Å². The average Bonchev–Trinajstić information content (AvgIpc) is 2.70. The molecule has 1 heterocycles. The molecule has 1 unspecified atom stereocenters. The fourth-order valence-corrected chi connectivity index (χ4v) is 3.99. The van der Waals surface area contributed by atoms with E-state index in [0.717, 1.165) is 35.5 Å². The fourth-order valence-electron chi connectivity index (χ4n) is 3.99. The van der Waals surface area contributed by atoms with E-state index < -0.39 is 0 Å². The molecule has 1 aliphatic carbocycles. The summed E-state index contributed by atoms with van der Waals surface area (Å²) in [4.78, 5) is 13.0. The van der Waals surface area contributed by atoms with Crippen molar-refractivity contribution < 1.29 is 4.79 Å². The van der Waals surface area contributed by atoms with Gasteiger partial charge in [-0.2, -0.15) is 0 Å². The normalized spacial score (nSPS) is 21.5. The molecule has 25 heavy (non-hydrogen) atoms. The fraction of sp³-hybridized carbons (Fsp3) is 0.318. The van der Waals surface area contributed by atoms with Crippen LogP contribution in [0.3, 0.4) is 0 Å². The van der Waals surface area contributed by atoms with Crippen LogP contribution in [0.25, 0.3) is 0 Å². The highest BCUT2D eigenvalue weighted by atomic mass is 16.1. The molecule has 4 rings (SSSR count). The maximum atomic E-state index is 13.0. The molecule has 0 bridgehead atoms. The van der Waals surface area contributed by atoms with Crippen LogP contribution in [0.1, 0.15) is 32.3 Å². The number of rotatable bonds is 2. The molecule has 2 aromatic carbocycles. The molecule has 0 amide bonds. The molecule has 0 aromatic heterocycles. The molecule has 2 N–H and O–H groups in total. The summed E-state index contributed by atoms with van der Waals surface area (Å²) >= 11 is 0. The third-order valence-electron chi connectivity index (χ3n) is 5.09. The maximum absolute atomic E-state index is 13.0. The van der Waals surface area contributed by atoms with Gasteiger partial charge >= 0.3 is 0 Å². The maximum Gasteiger partial charge on any atom is 0.163 e. The lowest BCUT2D eigenvalue weighted by atomic mass is 9.73. The van der Waals surface area contributed by atoms with Crippen LogP contribution in [-0.4, -0.2) is 11.8 Å². The molecule has 1 atom stereocenters. The van der Waals surface area contributed by atoms with Crippen molar-refractivity contribution in [3.8, 4) is 0 Å². The smallest absolute Gasteiger partial charge is 0.163 e. The summed E-state index contributed by atoms with van der Waals surface area (Å²) in [7, 11) is 0. The number of Topliss-reactive ketones (excluding diaryl/α,β-unsaturated/α-hetero) is 1. The van der Waals surface area contributed by atoms with Crippen LogP contribution in [0.5, 0.6) is 0 Å². The summed E-state index contributed by atoms with van der Waals surface area (Å²) in [5.74, 6) is 0.264. The minimum Gasteiger partial charge on any atom is -0.376 e. The summed E-state index contributed by atoms with van der Waals surface area (Å²) in [6.07, 6.45) is 2.31. The third kappa shape index (κ3) is 3.19. The highest BCUT2D eigenvalue weighted by Gasteiger charge is 2.37. The number of benzene rings is 2. The highest BCUT2D eigenvalue weighted by molar-refractivity contribution is 6.00. The van der Waals surface area contributed by atoms with Crippen molar-refractivity contribution >= 4 is 17.2 Å². The molecule has 0 fully saturated rings. The Kier molecular flexibility index (Phi) is 3.87. The minimum atomic E-state index is -0.00264. The van der Waals surface area contributed by atoms with Gasteiger partial charge in [0.15, 0.2) is 5.78 Å². The molecule has 0 saturated carbocycles. The number of allylic oxidation sites excluding steroid dienone is 1. The number of fused-ring (bicyclic) bond motifs is 1. The second-order valence-electron chi connectivity index (χ2n) is 7.89. The Balaban J connectivity index is 1.78. The van der Waals surface area contributed by atoms with Crippen LogP contribution in [0.4, 0.5) is 11.4 Å². The molecule has 0 radical (unpaired) electrons. The first-order valence-electron chi connectivity index (χ1n) is 8.95. The van der Waals surface area contributed by atoms with Crippen LogP contribution in [-0.2, 0) is 11.2 Å². The molecule has 2 aliphatic rings. The zero-order valence-corrected chi connectivity index (χ0v) is 14.8. The van der Waals surface area contributed by atoms with Gasteiger partial charge in [-0.25, -0.2) is 0 Å². The molecule has 1 aliphatic heterocycles. The monoisotopic (exact) mass is 332 g/mol. The predicted molar refractivity (Wildman–Crippen MR) is 103 cm³/mol. The first kappa shape index (κ1) is 15.9. The summed E-state index contributed by atoms with van der Waals surface area (Å²) in [5.41, 5.74) is 5.36. The van der Waals surface area contributed by atoms with E-state index >= 15 is 0 Å². The Morgan fingerprint density at radius 1 is 0.960 bits per heavy atom. The summed E-state index contributed by atoms with van der Waals surface area (Å²) in [6, 6.07) is 18.6. The number of hydrogen-bond donors (Lipinski definition) is 2. The van der Waals surface area contributed by atoms with Crippen LogP contribution < -0.4 is 10.6 Å². The van der Waals surface area contributed by atoms with Crippen molar-refractivity contribution in [3.05, 3.63) is 71.4 Å². The van der Waals surface area contributed by atoms with Crippen molar-refractivity contribution in [1.82, 2.24) is 0 Å². The Labute approximate surface area is 149 Å². The van der Waals surface area contributed by atoms with Gasteiger partial charge in [0.05, 0.1) is 17.4 Å².